The molecule has 5 heteroatoms. The molecule has 0 saturated heterocycles. The van der Waals surface area contributed by atoms with Gasteiger partial charge in [-0.15, -0.1) is 0 Å². The number of carbonyl (C=O) groups excluding carboxylic acids is 2. The van der Waals surface area contributed by atoms with Crippen molar-refractivity contribution < 1.29 is 14.7 Å². The molecule has 4 bridgehead atoms. The Labute approximate surface area is 167 Å². The molecule has 0 radical (unpaired) electrons. The number of hydrogen-bond donors (Lipinski definition) is 3. The molecule has 2 amide bonds. The molecule has 3 N–H and O–H groups in total. The Morgan fingerprint density at radius 1 is 0.929 bits per heavy atom. The van der Waals surface area contributed by atoms with Crippen molar-refractivity contribution in [3.63, 3.8) is 0 Å². The summed E-state index contributed by atoms with van der Waals surface area (Å²) < 4.78 is 0. The van der Waals surface area contributed by atoms with Gasteiger partial charge in [-0.3, -0.25) is 9.59 Å². The van der Waals surface area contributed by atoms with Crippen LogP contribution in [-0.2, 0) is 16.0 Å². The van der Waals surface area contributed by atoms with E-state index in [-0.39, 0.29) is 29.5 Å². The van der Waals surface area contributed by atoms with Crippen LogP contribution < -0.4 is 10.6 Å². The van der Waals surface area contributed by atoms with Gasteiger partial charge in [-0.1, -0.05) is 12.1 Å². The summed E-state index contributed by atoms with van der Waals surface area (Å²) >= 11 is 0. The van der Waals surface area contributed by atoms with E-state index in [4.69, 9.17) is 0 Å². The van der Waals surface area contributed by atoms with E-state index in [0.29, 0.717) is 13.0 Å². The lowest BCUT2D eigenvalue weighted by Gasteiger charge is -2.56. The molecule has 5 rings (SSSR count). The minimum absolute atomic E-state index is 0.0428. The molecule has 1 aromatic carbocycles. The van der Waals surface area contributed by atoms with Crippen LogP contribution in [0.4, 0.5) is 0 Å². The topological polar surface area (TPSA) is 78.4 Å². The number of nitrogens with one attached hydrogen (secondary N) is 2. The highest BCUT2D eigenvalue weighted by Crippen LogP contribution is 2.61. The lowest BCUT2D eigenvalue weighted by atomic mass is 9.49. The normalized spacial score (nSPS) is 30.2. The summed E-state index contributed by atoms with van der Waals surface area (Å²) in [6.45, 7) is 0.662. The Morgan fingerprint density at radius 2 is 1.54 bits per heavy atom. The largest absolute Gasteiger partial charge is 0.508 e. The number of phenolic OH excluding ortho intramolecular Hbond substituents is 1. The third kappa shape index (κ3) is 4.68. The first kappa shape index (κ1) is 19.3. The lowest BCUT2D eigenvalue weighted by molar-refractivity contribution is -0.131. The maximum Gasteiger partial charge on any atom is 0.239 e. The number of benzene rings is 1. The van der Waals surface area contributed by atoms with E-state index in [0.717, 1.165) is 36.2 Å². The van der Waals surface area contributed by atoms with Gasteiger partial charge in [-0.2, -0.15) is 0 Å². The molecule has 4 saturated carbocycles. The van der Waals surface area contributed by atoms with Crippen LogP contribution in [0.2, 0.25) is 0 Å². The van der Waals surface area contributed by atoms with Crippen molar-refractivity contribution in [2.75, 3.05) is 13.1 Å². The van der Waals surface area contributed by atoms with Gasteiger partial charge in [0.1, 0.15) is 5.75 Å². The van der Waals surface area contributed by atoms with Crippen molar-refractivity contribution in [2.45, 2.75) is 57.8 Å². The second-order valence-corrected chi connectivity index (χ2v) is 9.49. The molecule has 4 aliphatic rings. The van der Waals surface area contributed by atoms with Gasteiger partial charge >= 0.3 is 0 Å². The van der Waals surface area contributed by atoms with Crippen LogP contribution in [0.15, 0.2) is 24.3 Å². The van der Waals surface area contributed by atoms with Crippen molar-refractivity contribution >= 4 is 11.8 Å². The predicted molar refractivity (Wildman–Crippen MR) is 108 cm³/mol. The quantitative estimate of drug-likeness (QED) is 0.603. The van der Waals surface area contributed by atoms with Gasteiger partial charge in [0.2, 0.25) is 11.8 Å². The number of rotatable bonds is 8. The van der Waals surface area contributed by atoms with E-state index in [1.165, 1.54) is 38.5 Å². The molecule has 0 unspecified atom stereocenters. The van der Waals surface area contributed by atoms with Crippen molar-refractivity contribution in [1.82, 2.24) is 10.6 Å². The summed E-state index contributed by atoms with van der Waals surface area (Å²) in [7, 11) is 0. The van der Waals surface area contributed by atoms with Crippen LogP contribution in [0.5, 0.6) is 5.75 Å². The van der Waals surface area contributed by atoms with Crippen LogP contribution in [0.1, 0.15) is 56.9 Å². The third-order valence-corrected chi connectivity index (χ3v) is 7.05. The van der Waals surface area contributed by atoms with E-state index < -0.39 is 0 Å². The molecular formula is C23H32N2O3. The molecule has 0 aliphatic heterocycles. The van der Waals surface area contributed by atoms with E-state index in [2.05, 4.69) is 10.6 Å². The SMILES string of the molecule is O=C(CNC(=O)CC12CC3CC(CC(C3)C1)C2)NCCCc1ccc(O)cc1. The molecule has 0 heterocycles. The number of phenols is 1. The third-order valence-electron chi connectivity index (χ3n) is 7.05. The van der Waals surface area contributed by atoms with E-state index >= 15 is 0 Å². The maximum atomic E-state index is 12.5. The van der Waals surface area contributed by atoms with Crippen molar-refractivity contribution in [2.24, 2.45) is 23.2 Å². The molecule has 1 aromatic rings. The molecule has 152 valence electrons. The smallest absolute Gasteiger partial charge is 0.239 e. The fraction of sp³-hybridized carbons (Fsp3) is 0.652. The Hall–Kier alpha value is -2.04. The van der Waals surface area contributed by atoms with Crippen molar-refractivity contribution in [3.05, 3.63) is 29.8 Å². The summed E-state index contributed by atoms with van der Waals surface area (Å²) in [6.07, 6.45) is 10.1. The average molecular weight is 385 g/mol. The summed E-state index contributed by atoms with van der Waals surface area (Å²) in [5.41, 5.74) is 1.36. The minimum atomic E-state index is -0.121. The monoisotopic (exact) mass is 384 g/mol. The second kappa shape index (κ2) is 8.14. The van der Waals surface area contributed by atoms with Gasteiger partial charge in [0.05, 0.1) is 6.54 Å². The van der Waals surface area contributed by atoms with Gasteiger partial charge < -0.3 is 15.7 Å². The van der Waals surface area contributed by atoms with E-state index in [1.807, 2.05) is 12.1 Å². The summed E-state index contributed by atoms with van der Waals surface area (Å²) in [5.74, 6) is 2.72. The Morgan fingerprint density at radius 3 is 2.14 bits per heavy atom. The average Bonchev–Trinajstić information content (AvgIpc) is 2.63. The first-order chi connectivity index (χ1) is 13.5. The zero-order chi connectivity index (χ0) is 19.6. The van der Waals surface area contributed by atoms with Crippen LogP contribution in [0.3, 0.4) is 0 Å². The van der Waals surface area contributed by atoms with Crippen LogP contribution in [-0.4, -0.2) is 30.0 Å². The summed E-state index contributed by atoms with van der Waals surface area (Å²) in [6, 6.07) is 7.13. The van der Waals surface area contributed by atoms with Gasteiger partial charge in [-0.25, -0.2) is 0 Å². The molecule has 4 fully saturated rings. The fourth-order valence-corrected chi connectivity index (χ4v) is 6.33. The van der Waals surface area contributed by atoms with Gasteiger partial charge in [-0.05, 0) is 92.2 Å². The van der Waals surface area contributed by atoms with Gasteiger partial charge in [0, 0.05) is 13.0 Å². The van der Waals surface area contributed by atoms with Crippen LogP contribution in [0.25, 0.3) is 0 Å². The first-order valence-electron chi connectivity index (χ1n) is 10.8. The maximum absolute atomic E-state index is 12.5. The Kier molecular flexibility index (Phi) is 5.61. The number of aryl methyl sites for hydroxylation is 1. The standard InChI is InChI=1S/C23H32N2O3/c26-20-5-3-16(4-6-20)2-1-7-24-22(28)15-25-21(27)14-23-11-17-8-18(12-23)10-19(9-17)13-23/h3-6,17-19,26H,1-2,7-15H2,(H,24,28)(H,25,27). The Balaban J connectivity index is 1.13. The summed E-state index contributed by atoms with van der Waals surface area (Å²) in [5, 5.41) is 15.0. The minimum Gasteiger partial charge on any atom is -0.508 e. The van der Waals surface area contributed by atoms with Crippen LogP contribution in [0, 0.1) is 23.2 Å². The van der Waals surface area contributed by atoms with E-state index in [1.54, 1.807) is 12.1 Å². The summed E-state index contributed by atoms with van der Waals surface area (Å²) in [4.78, 5) is 24.5. The molecule has 5 nitrogen and oxygen atoms in total. The predicted octanol–water partition coefficient (Wildman–Crippen LogP) is 3.16. The highest BCUT2D eigenvalue weighted by molar-refractivity contribution is 5.84. The molecule has 4 aliphatic carbocycles. The lowest BCUT2D eigenvalue weighted by Crippen LogP contribution is -2.48. The van der Waals surface area contributed by atoms with Crippen LogP contribution >= 0.6 is 0 Å². The number of amides is 2. The molecule has 0 aromatic heterocycles. The zero-order valence-electron chi connectivity index (χ0n) is 16.6. The fourth-order valence-electron chi connectivity index (χ4n) is 6.33. The second-order valence-electron chi connectivity index (χ2n) is 9.49. The van der Waals surface area contributed by atoms with Crippen molar-refractivity contribution in [1.29, 1.82) is 0 Å². The molecule has 0 atom stereocenters. The van der Waals surface area contributed by atoms with Crippen molar-refractivity contribution in [3.8, 4) is 5.75 Å². The highest BCUT2D eigenvalue weighted by Gasteiger charge is 2.51. The van der Waals surface area contributed by atoms with Gasteiger partial charge in [0.15, 0.2) is 0 Å². The number of hydrogen-bond acceptors (Lipinski definition) is 3. The Bertz CT molecular complexity index is 678. The molecule has 28 heavy (non-hydrogen) atoms. The van der Waals surface area contributed by atoms with Gasteiger partial charge in [0.25, 0.3) is 0 Å². The number of aromatic hydroxyl groups is 1. The first-order valence-corrected chi connectivity index (χ1v) is 10.8. The highest BCUT2D eigenvalue weighted by atomic mass is 16.3. The number of carbonyl (C=O) groups is 2. The zero-order valence-corrected chi connectivity index (χ0v) is 16.6. The molecular weight excluding hydrogens is 352 g/mol. The molecule has 0 spiro atoms. The van der Waals surface area contributed by atoms with E-state index in [9.17, 15) is 14.7 Å².